The fourth-order valence-corrected chi connectivity index (χ4v) is 1.74. The number of aliphatic carboxylic acids is 1. The Hall–Kier alpha value is -2.30. The molecule has 20 heavy (non-hydrogen) atoms. The molecule has 5 heteroatoms. The first-order valence-electron chi connectivity index (χ1n) is 6.42. The van der Waals surface area contributed by atoms with E-state index in [0.29, 0.717) is 5.57 Å². The number of carbonyl (C=O) groups excluding carboxylic acids is 1. The van der Waals surface area contributed by atoms with Crippen LogP contribution >= 0.6 is 0 Å². The number of carbonyl (C=O) groups is 2. The molecule has 0 bridgehead atoms. The van der Waals surface area contributed by atoms with Crippen LogP contribution in [-0.2, 0) is 16.0 Å². The molecule has 0 radical (unpaired) electrons. The highest BCUT2D eigenvalue weighted by Gasteiger charge is 2.20. The summed E-state index contributed by atoms with van der Waals surface area (Å²) >= 11 is 0. The molecule has 0 aliphatic heterocycles. The zero-order valence-corrected chi connectivity index (χ0v) is 11.6. The van der Waals surface area contributed by atoms with Crippen LogP contribution in [0.5, 0.6) is 5.75 Å². The van der Waals surface area contributed by atoms with E-state index in [1.165, 1.54) is 12.1 Å². The van der Waals surface area contributed by atoms with E-state index in [9.17, 15) is 14.7 Å². The summed E-state index contributed by atoms with van der Waals surface area (Å²) in [5, 5.41) is 20.8. The van der Waals surface area contributed by atoms with E-state index in [1.807, 2.05) is 6.92 Å². The smallest absolute Gasteiger partial charge is 0.326 e. The molecule has 3 N–H and O–H groups in total. The molecule has 0 unspecified atom stereocenters. The number of hydrogen-bond acceptors (Lipinski definition) is 3. The van der Waals surface area contributed by atoms with Crippen molar-refractivity contribution in [1.29, 1.82) is 0 Å². The molecule has 1 rings (SSSR count). The predicted molar refractivity (Wildman–Crippen MR) is 75.4 cm³/mol. The van der Waals surface area contributed by atoms with Crippen LogP contribution in [0.2, 0.25) is 0 Å². The Morgan fingerprint density at radius 1 is 1.30 bits per heavy atom. The molecule has 5 nitrogen and oxygen atoms in total. The van der Waals surface area contributed by atoms with Gasteiger partial charge in [-0.3, -0.25) is 4.79 Å². The quantitative estimate of drug-likeness (QED) is 0.693. The molecule has 0 aromatic heterocycles. The first kappa shape index (κ1) is 15.8. The Kier molecular flexibility index (Phi) is 5.77. The molecule has 0 fully saturated rings. The minimum atomic E-state index is -1.09. The van der Waals surface area contributed by atoms with E-state index >= 15 is 0 Å². The van der Waals surface area contributed by atoms with Crippen molar-refractivity contribution < 1.29 is 19.8 Å². The Morgan fingerprint density at radius 3 is 2.40 bits per heavy atom. The molecule has 1 amide bonds. The van der Waals surface area contributed by atoms with Gasteiger partial charge in [0.25, 0.3) is 0 Å². The highest BCUT2D eigenvalue weighted by molar-refractivity contribution is 5.95. The van der Waals surface area contributed by atoms with Crippen molar-refractivity contribution in [3.63, 3.8) is 0 Å². The van der Waals surface area contributed by atoms with E-state index in [4.69, 9.17) is 5.11 Å². The number of phenols is 1. The zero-order valence-electron chi connectivity index (χ0n) is 11.6. The Bertz CT molecular complexity index is 505. The van der Waals surface area contributed by atoms with E-state index in [-0.39, 0.29) is 18.1 Å². The van der Waals surface area contributed by atoms with Gasteiger partial charge in [0.2, 0.25) is 5.91 Å². The van der Waals surface area contributed by atoms with Crippen molar-refractivity contribution in [3.8, 4) is 5.75 Å². The van der Waals surface area contributed by atoms with Crippen LogP contribution in [-0.4, -0.2) is 28.1 Å². The molecular formula is C15H19NO4. The number of carboxylic acid groups (broad SMARTS) is 1. The van der Waals surface area contributed by atoms with Gasteiger partial charge in [0.05, 0.1) is 0 Å². The minimum Gasteiger partial charge on any atom is -0.508 e. The Labute approximate surface area is 117 Å². The molecule has 1 aromatic carbocycles. The standard InChI is InChI=1S/C15H19NO4/c1-3-4-10(2)14(18)16-13(15(19)20)9-11-5-7-12(17)8-6-11/h4-8,13,17H,3,9H2,1-2H3,(H,16,18)(H,19,20)/b10-4-/t13-/m0/s1. The second kappa shape index (κ2) is 7.33. The topological polar surface area (TPSA) is 86.6 Å². The van der Waals surface area contributed by atoms with Crippen molar-refractivity contribution in [2.24, 2.45) is 0 Å². The minimum absolute atomic E-state index is 0.117. The van der Waals surface area contributed by atoms with Crippen molar-refractivity contribution in [2.75, 3.05) is 0 Å². The fraction of sp³-hybridized carbons (Fsp3) is 0.333. The summed E-state index contributed by atoms with van der Waals surface area (Å²) in [5.41, 5.74) is 1.23. The van der Waals surface area contributed by atoms with Gasteiger partial charge in [-0.15, -0.1) is 0 Å². The van der Waals surface area contributed by atoms with E-state index in [1.54, 1.807) is 25.1 Å². The van der Waals surface area contributed by atoms with Crippen LogP contribution in [0.25, 0.3) is 0 Å². The molecule has 0 saturated heterocycles. The maximum absolute atomic E-state index is 11.8. The summed E-state index contributed by atoms with van der Waals surface area (Å²) in [4.78, 5) is 23.0. The molecule has 0 aliphatic rings. The summed E-state index contributed by atoms with van der Waals surface area (Å²) in [6.07, 6.45) is 2.63. The van der Waals surface area contributed by atoms with Gasteiger partial charge in [0, 0.05) is 12.0 Å². The summed E-state index contributed by atoms with van der Waals surface area (Å²) < 4.78 is 0. The molecule has 0 heterocycles. The van der Waals surface area contributed by atoms with Gasteiger partial charge in [-0.1, -0.05) is 25.1 Å². The normalized spacial score (nSPS) is 12.8. The maximum Gasteiger partial charge on any atom is 0.326 e. The number of phenolic OH excluding ortho intramolecular Hbond substituents is 1. The lowest BCUT2D eigenvalue weighted by Gasteiger charge is -2.15. The lowest BCUT2D eigenvalue weighted by molar-refractivity contribution is -0.141. The third kappa shape index (κ3) is 4.76. The van der Waals surface area contributed by atoms with Crippen LogP contribution in [0, 0.1) is 0 Å². The predicted octanol–water partition coefficient (Wildman–Crippen LogP) is 1.86. The third-order valence-electron chi connectivity index (χ3n) is 2.85. The van der Waals surface area contributed by atoms with Gasteiger partial charge >= 0.3 is 5.97 Å². The van der Waals surface area contributed by atoms with Crippen LogP contribution in [0.3, 0.4) is 0 Å². The molecule has 0 spiro atoms. The van der Waals surface area contributed by atoms with E-state index in [2.05, 4.69) is 5.32 Å². The van der Waals surface area contributed by atoms with E-state index < -0.39 is 12.0 Å². The number of carboxylic acids is 1. The first-order valence-corrected chi connectivity index (χ1v) is 6.42. The third-order valence-corrected chi connectivity index (χ3v) is 2.85. The first-order chi connectivity index (χ1) is 9.43. The summed E-state index contributed by atoms with van der Waals surface area (Å²) in [6, 6.07) is 5.24. The van der Waals surface area contributed by atoms with Crippen LogP contribution < -0.4 is 5.32 Å². The maximum atomic E-state index is 11.8. The van der Waals surface area contributed by atoms with Crippen molar-refractivity contribution in [3.05, 3.63) is 41.5 Å². The molecule has 0 aliphatic carbocycles. The number of benzene rings is 1. The number of allylic oxidation sites excluding steroid dienone is 1. The van der Waals surface area contributed by atoms with Gasteiger partial charge in [-0.05, 0) is 31.0 Å². The number of hydrogen-bond donors (Lipinski definition) is 3. The Morgan fingerprint density at radius 2 is 1.90 bits per heavy atom. The summed E-state index contributed by atoms with van der Waals surface area (Å²) in [6.45, 7) is 3.56. The number of amides is 1. The second-order valence-corrected chi connectivity index (χ2v) is 4.53. The number of rotatable bonds is 6. The van der Waals surface area contributed by atoms with Gasteiger partial charge in [-0.2, -0.15) is 0 Å². The monoisotopic (exact) mass is 277 g/mol. The van der Waals surface area contributed by atoms with Crippen molar-refractivity contribution >= 4 is 11.9 Å². The summed E-state index contributed by atoms with van der Waals surface area (Å²) in [7, 11) is 0. The van der Waals surface area contributed by atoms with Gasteiger partial charge in [0.15, 0.2) is 0 Å². The van der Waals surface area contributed by atoms with Crippen LogP contribution in [0.1, 0.15) is 25.8 Å². The van der Waals surface area contributed by atoms with E-state index in [0.717, 1.165) is 12.0 Å². The number of nitrogens with one attached hydrogen (secondary N) is 1. The average Bonchev–Trinajstić information content (AvgIpc) is 2.40. The number of aromatic hydroxyl groups is 1. The lowest BCUT2D eigenvalue weighted by Crippen LogP contribution is -2.42. The lowest BCUT2D eigenvalue weighted by atomic mass is 10.1. The summed E-state index contributed by atoms with van der Waals surface area (Å²) in [5.74, 6) is -1.35. The zero-order chi connectivity index (χ0) is 15.1. The molecule has 1 atom stereocenters. The molecule has 1 aromatic rings. The van der Waals surface area contributed by atoms with Crippen LogP contribution in [0.15, 0.2) is 35.9 Å². The average molecular weight is 277 g/mol. The van der Waals surface area contributed by atoms with Crippen LogP contribution in [0.4, 0.5) is 0 Å². The van der Waals surface area contributed by atoms with Crippen molar-refractivity contribution in [1.82, 2.24) is 5.32 Å². The molecular weight excluding hydrogens is 258 g/mol. The SMILES string of the molecule is CC/C=C(/C)C(=O)N[C@@H](Cc1ccc(O)cc1)C(=O)O. The van der Waals surface area contributed by atoms with Gasteiger partial charge in [-0.25, -0.2) is 4.79 Å². The Balaban J connectivity index is 2.75. The van der Waals surface area contributed by atoms with Gasteiger partial charge in [0.1, 0.15) is 11.8 Å². The molecule has 108 valence electrons. The van der Waals surface area contributed by atoms with Crippen molar-refractivity contribution in [2.45, 2.75) is 32.7 Å². The van der Waals surface area contributed by atoms with Gasteiger partial charge < -0.3 is 15.5 Å². The highest BCUT2D eigenvalue weighted by Crippen LogP contribution is 2.11. The molecule has 0 saturated carbocycles. The largest absolute Gasteiger partial charge is 0.508 e. The highest BCUT2D eigenvalue weighted by atomic mass is 16.4. The fourth-order valence-electron chi connectivity index (χ4n) is 1.74. The second-order valence-electron chi connectivity index (χ2n) is 4.53.